The molecule has 0 bridgehead atoms. The fourth-order valence-corrected chi connectivity index (χ4v) is 3.63. The van der Waals surface area contributed by atoms with Gasteiger partial charge in [0.1, 0.15) is 17.7 Å². The molecule has 0 radical (unpaired) electrons. The summed E-state index contributed by atoms with van der Waals surface area (Å²) < 4.78 is 13.6. The molecule has 0 aliphatic heterocycles. The highest BCUT2D eigenvalue weighted by Crippen LogP contribution is 2.20. The van der Waals surface area contributed by atoms with Crippen molar-refractivity contribution in [3.05, 3.63) is 40.8 Å². The van der Waals surface area contributed by atoms with Crippen LogP contribution in [0.5, 0.6) is 0 Å². The molecule has 0 saturated heterocycles. The van der Waals surface area contributed by atoms with Crippen LogP contribution in [0.25, 0.3) is 0 Å². The number of ether oxygens (including phenoxy) is 2. The summed E-state index contributed by atoms with van der Waals surface area (Å²) in [6.07, 6.45) is 4.92. The van der Waals surface area contributed by atoms with E-state index in [2.05, 4.69) is 34.9 Å². The van der Waals surface area contributed by atoms with Crippen LogP contribution in [0.3, 0.4) is 0 Å². The predicted molar refractivity (Wildman–Crippen MR) is 137 cm³/mol. The third-order valence-electron chi connectivity index (χ3n) is 5.94. The number of Topliss-reactive ketones (excluding diaryl/α,β-unsaturated/α-hetero) is 1. The zero-order valence-electron chi connectivity index (χ0n) is 22.1. The number of aryl methyl sites for hydroxylation is 3. The minimum absolute atomic E-state index is 0.0827. The summed E-state index contributed by atoms with van der Waals surface area (Å²) in [4.78, 5) is 23.2. The van der Waals surface area contributed by atoms with Crippen molar-refractivity contribution in [2.24, 2.45) is 18.0 Å². The summed E-state index contributed by atoms with van der Waals surface area (Å²) in [5.41, 5.74) is 3.99. The zero-order valence-corrected chi connectivity index (χ0v) is 22.1. The van der Waals surface area contributed by atoms with Gasteiger partial charge in [-0.3, -0.25) is 4.68 Å². The Morgan fingerprint density at radius 2 is 2.03 bits per heavy atom. The monoisotopic (exact) mass is 471 g/mol. The smallest absolute Gasteiger partial charge is 0.220 e. The van der Waals surface area contributed by atoms with Gasteiger partial charge < -0.3 is 19.2 Å². The second-order valence-corrected chi connectivity index (χ2v) is 8.93. The molecular weight excluding hydrogens is 430 g/mol. The Hall–Kier alpha value is -2.74. The maximum Gasteiger partial charge on any atom is 0.220 e. The van der Waals surface area contributed by atoms with Gasteiger partial charge in [0.2, 0.25) is 5.90 Å². The second kappa shape index (κ2) is 13.2. The molecule has 0 aromatic carbocycles. The average Bonchev–Trinajstić information content (AvgIpc) is 3.17. The molecule has 0 N–H and O–H groups in total. The van der Waals surface area contributed by atoms with E-state index in [-0.39, 0.29) is 17.8 Å². The van der Waals surface area contributed by atoms with Gasteiger partial charge >= 0.3 is 0 Å². The zero-order chi connectivity index (χ0) is 25.3. The van der Waals surface area contributed by atoms with Gasteiger partial charge in [-0.15, -0.1) is 0 Å². The summed E-state index contributed by atoms with van der Waals surface area (Å²) in [7, 11) is 3.92. The Morgan fingerprint density at radius 1 is 1.29 bits per heavy atom. The lowest BCUT2D eigenvalue weighted by Gasteiger charge is -2.22. The first-order valence-corrected chi connectivity index (χ1v) is 12.1. The highest BCUT2D eigenvalue weighted by molar-refractivity contribution is 5.95. The Kier molecular flexibility index (Phi) is 10.7. The molecular formula is C26H41N5O3. The van der Waals surface area contributed by atoms with Crippen LogP contribution in [-0.2, 0) is 34.3 Å². The normalized spacial score (nSPS) is 13.6. The van der Waals surface area contributed by atoms with Crippen molar-refractivity contribution in [1.82, 2.24) is 14.8 Å². The van der Waals surface area contributed by atoms with Crippen molar-refractivity contribution in [1.29, 1.82) is 0 Å². The van der Waals surface area contributed by atoms with E-state index in [1.165, 1.54) is 0 Å². The number of hydrogen-bond donors (Lipinski definition) is 0. The van der Waals surface area contributed by atoms with Crippen LogP contribution in [-0.4, -0.2) is 59.4 Å². The highest BCUT2D eigenvalue weighted by atomic mass is 16.5. The summed E-state index contributed by atoms with van der Waals surface area (Å²) in [6.45, 7) is 14.4. The number of ketones is 1. The van der Waals surface area contributed by atoms with Gasteiger partial charge in [0, 0.05) is 46.1 Å². The van der Waals surface area contributed by atoms with Crippen molar-refractivity contribution in [3.8, 4) is 0 Å². The van der Waals surface area contributed by atoms with E-state index in [1.54, 1.807) is 11.6 Å². The van der Waals surface area contributed by atoms with Crippen molar-refractivity contribution in [3.63, 3.8) is 0 Å². The molecule has 2 aromatic heterocycles. The van der Waals surface area contributed by atoms with Gasteiger partial charge in [0.25, 0.3) is 0 Å². The lowest BCUT2D eigenvalue weighted by Crippen LogP contribution is -2.25. The van der Waals surface area contributed by atoms with E-state index in [0.29, 0.717) is 32.1 Å². The first kappa shape index (κ1) is 27.5. The van der Waals surface area contributed by atoms with Crippen LogP contribution in [0.2, 0.25) is 0 Å². The van der Waals surface area contributed by atoms with Gasteiger partial charge in [0.15, 0.2) is 0 Å². The van der Waals surface area contributed by atoms with Crippen LogP contribution in [0.1, 0.15) is 63.4 Å². The van der Waals surface area contributed by atoms with Crippen LogP contribution in [0, 0.1) is 12.8 Å². The molecule has 8 nitrogen and oxygen atoms in total. The minimum atomic E-state index is -0.159. The van der Waals surface area contributed by atoms with E-state index in [0.717, 1.165) is 41.2 Å². The average molecular weight is 472 g/mol. The topological polar surface area (TPSA) is 81.8 Å². The molecule has 0 aliphatic carbocycles. The summed E-state index contributed by atoms with van der Waals surface area (Å²) in [6, 6.07) is 2.08. The Labute approximate surface area is 204 Å². The standard InChI is InChI=1S/C26H41N5O3/c1-9-24-23(17-31(8)29-24)26(34-21(6)18(3)13-20(5)32)28-16-22-15-27-25(14-19(22)4)30(7)11-12-33-10-2/h14-15,17-18,21H,9-13,16H2,1-8H3. The number of hydrogen-bond acceptors (Lipinski definition) is 7. The Balaban J connectivity index is 2.26. The van der Waals surface area contributed by atoms with Crippen molar-refractivity contribution in [2.75, 3.05) is 31.7 Å². The number of carbonyl (C=O) groups excluding carboxylic acids is 1. The Morgan fingerprint density at radius 3 is 2.65 bits per heavy atom. The molecule has 2 aromatic rings. The number of carbonyl (C=O) groups is 1. The molecule has 188 valence electrons. The molecule has 0 saturated carbocycles. The molecule has 0 fully saturated rings. The van der Waals surface area contributed by atoms with Crippen LogP contribution < -0.4 is 4.90 Å². The number of pyridine rings is 1. The van der Waals surface area contributed by atoms with Gasteiger partial charge in [-0.2, -0.15) is 5.10 Å². The number of anilines is 1. The van der Waals surface area contributed by atoms with Crippen molar-refractivity contribution in [2.45, 2.75) is 67.0 Å². The SMILES string of the molecule is CCOCCN(C)c1cc(C)c(CN=C(OC(C)C(C)CC(C)=O)c2cn(C)nc2CC)cn1. The lowest BCUT2D eigenvalue weighted by atomic mass is 10.00. The maximum atomic E-state index is 11.6. The molecule has 0 aliphatic rings. The summed E-state index contributed by atoms with van der Waals surface area (Å²) in [5, 5.41) is 4.56. The number of aliphatic imine (C=N–C) groups is 1. The fraction of sp³-hybridized carbons (Fsp3) is 0.615. The molecule has 8 heteroatoms. The van der Waals surface area contributed by atoms with Gasteiger partial charge in [0.05, 0.1) is 24.4 Å². The molecule has 2 atom stereocenters. The third-order valence-corrected chi connectivity index (χ3v) is 5.94. The largest absolute Gasteiger partial charge is 0.474 e. The Bertz CT molecular complexity index is 969. The molecule has 2 heterocycles. The molecule has 0 amide bonds. The van der Waals surface area contributed by atoms with Gasteiger partial charge in [-0.25, -0.2) is 9.98 Å². The fourth-order valence-electron chi connectivity index (χ4n) is 3.63. The van der Waals surface area contributed by atoms with E-state index in [1.807, 2.05) is 47.3 Å². The van der Waals surface area contributed by atoms with E-state index < -0.39 is 0 Å². The number of likely N-dealkylation sites (N-methyl/N-ethyl adjacent to an activating group) is 1. The van der Waals surface area contributed by atoms with E-state index >= 15 is 0 Å². The van der Waals surface area contributed by atoms with E-state index in [9.17, 15) is 4.79 Å². The van der Waals surface area contributed by atoms with Gasteiger partial charge in [-0.1, -0.05) is 13.8 Å². The van der Waals surface area contributed by atoms with Crippen LogP contribution >= 0.6 is 0 Å². The minimum Gasteiger partial charge on any atom is -0.474 e. The molecule has 34 heavy (non-hydrogen) atoms. The van der Waals surface area contributed by atoms with E-state index in [4.69, 9.17) is 14.5 Å². The van der Waals surface area contributed by atoms with Crippen molar-refractivity contribution < 1.29 is 14.3 Å². The lowest BCUT2D eigenvalue weighted by molar-refractivity contribution is -0.118. The van der Waals surface area contributed by atoms with Crippen molar-refractivity contribution >= 4 is 17.5 Å². The highest BCUT2D eigenvalue weighted by Gasteiger charge is 2.21. The van der Waals surface area contributed by atoms with Gasteiger partial charge in [-0.05, 0) is 57.2 Å². The quantitative estimate of drug-likeness (QED) is 0.248. The maximum absolute atomic E-state index is 11.6. The molecule has 2 rings (SSSR count). The number of nitrogens with zero attached hydrogens (tertiary/aromatic N) is 5. The summed E-state index contributed by atoms with van der Waals surface area (Å²) >= 11 is 0. The number of rotatable bonds is 13. The van der Waals surface area contributed by atoms with Crippen LogP contribution in [0.4, 0.5) is 5.82 Å². The predicted octanol–water partition coefficient (Wildman–Crippen LogP) is 4.13. The number of aromatic nitrogens is 3. The summed E-state index contributed by atoms with van der Waals surface area (Å²) in [5.74, 6) is 1.71. The first-order chi connectivity index (χ1) is 16.2. The first-order valence-electron chi connectivity index (χ1n) is 12.1. The third kappa shape index (κ3) is 7.94. The second-order valence-electron chi connectivity index (χ2n) is 8.93. The molecule has 2 unspecified atom stereocenters. The van der Waals surface area contributed by atoms with Crippen LogP contribution in [0.15, 0.2) is 23.5 Å². The molecule has 0 spiro atoms.